The Morgan fingerprint density at radius 3 is 2.38 bits per heavy atom. The fraction of sp³-hybridized carbons (Fsp3) is 0.429. The number of thiol groups is 1. The van der Waals surface area contributed by atoms with Gasteiger partial charge >= 0.3 is 0 Å². The number of rotatable bonds is 2. The first-order valence-electron chi connectivity index (χ1n) is 2.81. The van der Waals surface area contributed by atoms with E-state index in [0.29, 0.717) is 0 Å². The molecule has 0 fully saturated rings. The summed E-state index contributed by atoms with van der Waals surface area (Å²) in [6, 6.07) is 0. The Hall–Kier alpha value is -0.170. The van der Waals surface area contributed by atoms with Gasteiger partial charge < -0.3 is 0 Å². The lowest BCUT2D eigenvalue weighted by atomic mass is 10.2. The zero-order chi connectivity index (χ0) is 6.41. The van der Waals surface area contributed by atoms with Crippen molar-refractivity contribution in [2.75, 3.05) is 0 Å². The van der Waals surface area contributed by atoms with Crippen LogP contribution in [0.25, 0.3) is 0 Å². The maximum Gasteiger partial charge on any atom is -0.0292 e. The van der Waals surface area contributed by atoms with Gasteiger partial charge in [-0.3, -0.25) is 0 Å². The van der Waals surface area contributed by atoms with E-state index in [4.69, 9.17) is 0 Å². The molecule has 0 aliphatic heterocycles. The highest BCUT2D eigenvalue weighted by atomic mass is 32.1. The maximum atomic E-state index is 4.02. The van der Waals surface area contributed by atoms with Crippen LogP contribution in [0, 0.1) is 0 Å². The predicted molar refractivity (Wildman–Crippen MR) is 42.2 cm³/mol. The molecule has 0 bridgehead atoms. The molecule has 0 aliphatic carbocycles. The summed E-state index contributed by atoms with van der Waals surface area (Å²) in [5.74, 6) is 0. The summed E-state index contributed by atoms with van der Waals surface area (Å²) in [5.41, 5.74) is 1.27. The van der Waals surface area contributed by atoms with Gasteiger partial charge in [0.05, 0.1) is 0 Å². The highest BCUT2D eigenvalue weighted by molar-refractivity contribution is 7.83. The Labute approximate surface area is 56.7 Å². The number of hydrogen-bond acceptors (Lipinski definition) is 1. The van der Waals surface area contributed by atoms with E-state index in [0.717, 1.165) is 6.42 Å². The highest BCUT2D eigenvalue weighted by Gasteiger charge is 1.80. The molecule has 0 heterocycles. The molecule has 0 aliphatic rings. The van der Waals surface area contributed by atoms with Crippen molar-refractivity contribution in [3.63, 3.8) is 0 Å². The van der Waals surface area contributed by atoms with Crippen molar-refractivity contribution in [1.29, 1.82) is 0 Å². The number of hydrogen-bond donors (Lipinski definition) is 1. The molecule has 0 saturated heterocycles. The topological polar surface area (TPSA) is 0 Å². The van der Waals surface area contributed by atoms with Crippen LogP contribution in [0.3, 0.4) is 0 Å². The first-order valence-corrected chi connectivity index (χ1v) is 3.32. The molecule has 46 valence electrons. The standard InChI is InChI=1S/C7H12S/c1-3-5-7(4-2)6-8/h3,5-6,8H,4H2,1-2H3/b5-3-,7-6+. The molecule has 0 atom stereocenters. The van der Waals surface area contributed by atoms with Gasteiger partial charge in [0.1, 0.15) is 0 Å². The van der Waals surface area contributed by atoms with Crippen molar-refractivity contribution in [1.82, 2.24) is 0 Å². The summed E-state index contributed by atoms with van der Waals surface area (Å²) >= 11 is 4.02. The molecule has 0 rings (SSSR count). The summed E-state index contributed by atoms with van der Waals surface area (Å²) in [7, 11) is 0. The lowest BCUT2D eigenvalue weighted by molar-refractivity contribution is 1.15. The fourth-order valence-corrected chi connectivity index (χ4v) is 0.735. The smallest absolute Gasteiger partial charge is 0.0292 e. The van der Waals surface area contributed by atoms with Gasteiger partial charge in [0, 0.05) is 0 Å². The van der Waals surface area contributed by atoms with Gasteiger partial charge in [-0.1, -0.05) is 19.1 Å². The van der Waals surface area contributed by atoms with Crippen molar-refractivity contribution in [2.24, 2.45) is 0 Å². The summed E-state index contributed by atoms with van der Waals surface area (Å²) in [6.45, 7) is 4.12. The van der Waals surface area contributed by atoms with Crippen LogP contribution in [0.15, 0.2) is 23.1 Å². The van der Waals surface area contributed by atoms with Crippen molar-refractivity contribution in [3.8, 4) is 0 Å². The molecule has 0 aromatic heterocycles. The zero-order valence-electron chi connectivity index (χ0n) is 5.39. The van der Waals surface area contributed by atoms with Gasteiger partial charge in [0.25, 0.3) is 0 Å². The third kappa shape index (κ3) is 2.92. The van der Waals surface area contributed by atoms with E-state index in [1.165, 1.54) is 5.57 Å². The Morgan fingerprint density at radius 2 is 2.25 bits per heavy atom. The molecule has 1 heteroatoms. The molecular weight excluding hydrogens is 116 g/mol. The molecule has 0 N–H and O–H groups in total. The summed E-state index contributed by atoms with van der Waals surface area (Å²) < 4.78 is 0. The lowest BCUT2D eigenvalue weighted by Gasteiger charge is -1.89. The van der Waals surface area contributed by atoms with E-state index >= 15 is 0 Å². The van der Waals surface area contributed by atoms with E-state index in [1.807, 2.05) is 18.4 Å². The Morgan fingerprint density at radius 1 is 1.62 bits per heavy atom. The molecule has 0 saturated carbocycles. The van der Waals surface area contributed by atoms with Crippen molar-refractivity contribution >= 4 is 12.6 Å². The molecule has 0 amide bonds. The molecule has 0 unspecified atom stereocenters. The number of allylic oxidation sites excluding steroid dienone is 3. The third-order valence-corrected chi connectivity index (χ3v) is 1.29. The molecule has 0 nitrogen and oxygen atoms in total. The lowest BCUT2D eigenvalue weighted by Crippen LogP contribution is -1.68. The fourth-order valence-electron chi connectivity index (χ4n) is 0.466. The van der Waals surface area contributed by atoms with Gasteiger partial charge in [-0.2, -0.15) is 12.6 Å². The van der Waals surface area contributed by atoms with E-state index in [-0.39, 0.29) is 0 Å². The van der Waals surface area contributed by atoms with E-state index in [1.54, 1.807) is 0 Å². The molecule has 0 radical (unpaired) electrons. The molecule has 0 aromatic rings. The molecular formula is C7H12S. The average Bonchev–Trinajstić information content (AvgIpc) is 1.83. The first kappa shape index (κ1) is 7.83. The Bertz CT molecular complexity index is 98.2. The van der Waals surface area contributed by atoms with Crippen LogP contribution in [0.5, 0.6) is 0 Å². The van der Waals surface area contributed by atoms with E-state index in [2.05, 4.69) is 25.6 Å². The quantitative estimate of drug-likeness (QED) is 0.429. The van der Waals surface area contributed by atoms with Gasteiger partial charge in [0.2, 0.25) is 0 Å². The van der Waals surface area contributed by atoms with Crippen LogP contribution < -0.4 is 0 Å². The zero-order valence-corrected chi connectivity index (χ0v) is 6.28. The minimum atomic E-state index is 1.06. The normalized spacial score (nSPS) is 13.1. The van der Waals surface area contributed by atoms with E-state index < -0.39 is 0 Å². The van der Waals surface area contributed by atoms with E-state index in [9.17, 15) is 0 Å². The minimum absolute atomic E-state index is 1.06. The van der Waals surface area contributed by atoms with Crippen LogP contribution in [0.4, 0.5) is 0 Å². The maximum absolute atomic E-state index is 4.02. The average molecular weight is 128 g/mol. The largest absolute Gasteiger partial charge is 0.151 e. The third-order valence-electron chi connectivity index (χ3n) is 0.955. The van der Waals surface area contributed by atoms with Crippen molar-refractivity contribution in [3.05, 3.63) is 23.1 Å². The van der Waals surface area contributed by atoms with Gasteiger partial charge in [-0.25, -0.2) is 0 Å². The van der Waals surface area contributed by atoms with Crippen molar-refractivity contribution < 1.29 is 0 Å². The van der Waals surface area contributed by atoms with Crippen LogP contribution in [-0.4, -0.2) is 0 Å². The monoisotopic (exact) mass is 128 g/mol. The second-order valence-corrected chi connectivity index (χ2v) is 1.82. The first-order chi connectivity index (χ1) is 3.85. The molecule has 0 spiro atoms. The minimum Gasteiger partial charge on any atom is -0.151 e. The second-order valence-electron chi connectivity index (χ2n) is 1.56. The SMILES string of the molecule is C/C=C\C(=C\S)CC. The highest BCUT2D eigenvalue weighted by Crippen LogP contribution is 2.02. The van der Waals surface area contributed by atoms with Gasteiger partial charge in [-0.15, -0.1) is 0 Å². The summed E-state index contributed by atoms with van der Waals surface area (Å²) in [5, 5.41) is 1.83. The van der Waals surface area contributed by atoms with Crippen molar-refractivity contribution in [2.45, 2.75) is 20.3 Å². The van der Waals surface area contributed by atoms with Gasteiger partial charge in [0.15, 0.2) is 0 Å². The second kappa shape index (κ2) is 4.98. The Balaban J connectivity index is 3.72. The van der Waals surface area contributed by atoms with Crippen LogP contribution in [0.1, 0.15) is 20.3 Å². The van der Waals surface area contributed by atoms with Crippen LogP contribution in [-0.2, 0) is 0 Å². The summed E-state index contributed by atoms with van der Waals surface area (Å²) in [6.07, 6.45) is 5.15. The van der Waals surface area contributed by atoms with Gasteiger partial charge in [-0.05, 0) is 24.3 Å². The van der Waals surface area contributed by atoms with Crippen LogP contribution in [0.2, 0.25) is 0 Å². The summed E-state index contributed by atoms with van der Waals surface area (Å²) in [4.78, 5) is 0. The predicted octanol–water partition coefficient (Wildman–Crippen LogP) is 2.79. The molecule has 0 aromatic carbocycles. The molecule has 8 heavy (non-hydrogen) atoms. The van der Waals surface area contributed by atoms with Crippen LogP contribution >= 0.6 is 12.6 Å². The Kier molecular flexibility index (Phi) is 4.87.